The summed E-state index contributed by atoms with van der Waals surface area (Å²) in [6.45, 7) is 0. The third-order valence-electron chi connectivity index (χ3n) is 3.01. The lowest BCUT2D eigenvalue weighted by molar-refractivity contribution is 0.0989. The third kappa shape index (κ3) is 4.32. The van der Waals surface area contributed by atoms with Crippen LogP contribution in [-0.2, 0) is 9.84 Å². The van der Waals surface area contributed by atoms with Crippen molar-refractivity contribution in [2.45, 2.75) is 11.3 Å². The van der Waals surface area contributed by atoms with E-state index in [-0.39, 0.29) is 27.9 Å². The topological polar surface area (TPSA) is 51.2 Å². The van der Waals surface area contributed by atoms with Gasteiger partial charge in [0.1, 0.15) is 0 Å². The van der Waals surface area contributed by atoms with Gasteiger partial charge in [0.25, 0.3) is 0 Å². The molecular weight excluding hydrogens is 411 g/mol. The Bertz CT molecular complexity index is 802. The molecular formula is C15H11BrCl2O3S. The number of halogens is 3. The van der Waals surface area contributed by atoms with Crippen molar-refractivity contribution >= 4 is 54.8 Å². The Morgan fingerprint density at radius 1 is 1.00 bits per heavy atom. The molecule has 2 aromatic carbocycles. The SMILES string of the molecule is O=C(CCS(=O)(=O)c1ccc(Br)cc1)c1ccc(Cl)c(Cl)c1. The summed E-state index contributed by atoms with van der Waals surface area (Å²) in [5.74, 6) is -0.549. The van der Waals surface area contributed by atoms with Gasteiger partial charge in [0.15, 0.2) is 15.6 Å². The van der Waals surface area contributed by atoms with Gasteiger partial charge in [0, 0.05) is 16.5 Å². The van der Waals surface area contributed by atoms with Crippen LogP contribution >= 0.6 is 39.1 Å². The predicted octanol–water partition coefficient (Wildman–Crippen LogP) is 4.80. The first-order chi connectivity index (χ1) is 10.3. The van der Waals surface area contributed by atoms with Gasteiger partial charge in [-0.15, -0.1) is 0 Å². The largest absolute Gasteiger partial charge is 0.294 e. The number of carbonyl (C=O) groups excluding carboxylic acids is 1. The molecule has 22 heavy (non-hydrogen) atoms. The van der Waals surface area contributed by atoms with Gasteiger partial charge in [-0.05, 0) is 42.5 Å². The first kappa shape index (κ1) is 17.5. The van der Waals surface area contributed by atoms with Crippen molar-refractivity contribution in [3.63, 3.8) is 0 Å². The van der Waals surface area contributed by atoms with Crippen molar-refractivity contribution in [3.8, 4) is 0 Å². The number of sulfone groups is 1. The fourth-order valence-corrected chi connectivity index (χ4v) is 3.60. The first-order valence-corrected chi connectivity index (χ1v) is 9.46. The molecule has 0 aromatic heterocycles. The lowest BCUT2D eigenvalue weighted by atomic mass is 10.1. The highest BCUT2D eigenvalue weighted by Crippen LogP contribution is 2.23. The van der Waals surface area contributed by atoms with Gasteiger partial charge in [0.05, 0.1) is 20.7 Å². The number of Topliss-reactive ketones (excluding diaryl/α,β-unsaturated/α-hetero) is 1. The molecule has 0 spiro atoms. The molecule has 7 heteroatoms. The average molecular weight is 422 g/mol. The summed E-state index contributed by atoms with van der Waals surface area (Å²) in [6, 6.07) is 10.8. The van der Waals surface area contributed by atoms with E-state index in [0.717, 1.165) is 4.47 Å². The standard InChI is InChI=1S/C15H11BrCl2O3S/c16-11-2-4-12(5-3-11)22(20,21)8-7-15(19)10-1-6-13(17)14(18)9-10/h1-6,9H,7-8H2. The Kier molecular flexibility index (Phi) is 5.66. The Morgan fingerprint density at radius 3 is 2.23 bits per heavy atom. The van der Waals surface area contributed by atoms with E-state index in [4.69, 9.17) is 23.2 Å². The van der Waals surface area contributed by atoms with E-state index in [2.05, 4.69) is 15.9 Å². The molecule has 0 atom stereocenters. The van der Waals surface area contributed by atoms with Crippen LogP contribution in [-0.4, -0.2) is 20.0 Å². The van der Waals surface area contributed by atoms with E-state index in [1.807, 2.05) is 0 Å². The van der Waals surface area contributed by atoms with Crippen molar-refractivity contribution in [2.75, 3.05) is 5.75 Å². The molecule has 0 aliphatic rings. The second-order valence-electron chi connectivity index (χ2n) is 4.57. The second-order valence-corrected chi connectivity index (χ2v) is 8.41. The zero-order chi connectivity index (χ0) is 16.3. The van der Waals surface area contributed by atoms with Crippen molar-refractivity contribution in [3.05, 3.63) is 62.5 Å². The number of carbonyl (C=O) groups is 1. The second kappa shape index (κ2) is 7.13. The number of ketones is 1. The molecule has 0 fully saturated rings. The lowest BCUT2D eigenvalue weighted by Crippen LogP contribution is -2.11. The molecule has 0 heterocycles. The fourth-order valence-electron chi connectivity index (χ4n) is 1.80. The molecule has 0 bridgehead atoms. The maximum Gasteiger partial charge on any atom is 0.178 e. The Balaban J connectivity index is 2.09. The summed E-state index contributed by atoms with van der Waals surface area (Å²) in [5.41, 5.74) is 0.348. The number of benzene rings is 2. The quantitative estimate of drug-likeness (QED) is 0.651. The molecule has 0 saturated heterocycles. The maximum atomic E-state index is 12.2. The molecule has 0 radical (unpaired) electrons. The van der Waals surface area contributed by atoms with Gasteiger partial charge in [-0.25, -0.2) is 8.42 Å². The summed E-state index contributed by atoms with van der Waals surface area (Å²) in [4.78, 5) is 12.3. The normalized spacial score (nSPS) is 11.4. The lowest BCUT2D eigenvalue weighted by Gasteiger charge is -2.05. The highest BCUT2D eigenvalue weighted by atomic mass is 79.9. The summed E-state index contributed by atoms with van der Waals surface area (Å²) < 4.78 is 25.2. The van der Waals surface area contributed by atoms with Crippen LogP contribution < -0.4 is 0 Å². The molecule has 0 aliphatic carbocycles. The van der Waals surface area contributed by atoms with Gasteiger partial charge in [-0.2, -0.15) is 0 Å². The molecule has 0 amide bonds. The third-order valence-corrected chi connectivity index (χ3v) is 6.01. The van der Waals surface area contributed by atoms with Crippen LogP contribution in [0.1, 0.15) is 16.8 Å². The van der Waals surface area contributed by atoms with Crippen molar-refractivity contribution in [2.24, 2.45) is 0 Å². The molecule has 0 unspecified atom stereocenters. The van der Waals surface area contributed by atoms with Crippen LogP contribution in [0.2, 0.25) is 10.0 Å². The van der Waals surface area contributed by atoms with E-state index in [0.29, 0.717) is 10.6 Å². The average Bonchev–Trinajstić information content (AvgIpc) is 2.48. The van der Waals surface area contributed by atoms with Gasteiger partial charge in [0.2, 0.25) is 0 Å². The molecule has 0 saturated carbocycles. The van der Waals surface area contributed by atoms with E-state index >= 15 is 0 Å². The Morgan fingerprint density at radius 2 is 1.64 bits per heavy atom. The minimum atomic E-state index is -3.50. The smallest absolute Gasteiger partial charge is 0.178 e. The van der Waals surface area contributed by atoms with Crippen LogP contribution in [0.4, 0.5) is 0 Å². The molecule has 116 valence electrons. The van der Waals surface area contributed by atoms with Crippen molar-refractivity contribution in [1.29, 1.82) is 0 Å². The van der Waals surface area contributed by atoms with Gasteiger partial charge >= 0.3 is 0 Å². The maximum absolute atomic E-state index is 12.2. The molecule has 3 nitrogen and oxygen atoms in total. The predicted molar refractivity (Wildman–Crippen MR) is 91.6 cm³/mol. The van der Waals surface area contributed by atoms with E-state index < -0.39 is 9.84 Å². The van der Waals surface area contributed by atoms with Crippen LogP contribution in [0.5, 0.6) is 0 Å². The van der Waals surface area contributed by atoms with Gasteiger partial charge in [-0.3, -0.25) is 4.79 Å². The summed E-state index contributed by atoms with van der Waals surface area (Å²) >= 11 is 14.9. The van der Waals surface area contributed by atoms with Crippen molar-refractivity contribution < 1.29 is 13.2 Å². The minimum Gasteiger partial charge on any atom is -0.294 e. The van der Waals surface area contributed by atoms with E-state index in [1.165, 1.54) is 30.3 Å². The van der Waals surface area contributed by atoms with Crippen LogP contribution in [0, 0.1) is 0 Å². The minimum absolute atomic E-state index is 0.115. The number of rotatable bonds is 5. The Hall–Kier alpha value is -0.880. The summed E-state index contributed by atoms with van der Waals surface area (Å²) in [5, 5.41) is 0.615. The highest BCUT2D eigenvalue weighted by molar-refractivity contribution is 9.10. The monoisotopic (exact) mass is 420 g/mol. The van der Waals surface area contributed by atoms with Crippen LogP contribution in [0.15, 0.2) is 51.8 Å². The first-order valence-electron chi connectivity index (χ1n) is 6.26. The molecule has 2 rings (SSSR count). The highest BCUT2D eigenvalue weighted by Gasteiger charge is 2.17. The van der Waals surface area contributed by atoms with Crippen LogP contribution in [0.3, 0.4) is 0 Å². The zero-order valence-electron chi connectivity index (χ0n) is 11.2. The van der Waals surface area contributed by atoms with Crippen LogP contribution in [0.25, 0.3) is 0 Å². The van der Waals surface area contributed by atoms with E-state index in [1.54, 1.807) is 12.1 Å². The Labute approximate surface area is 147 Å². The fraction of sp³-hybridized carbons (Fsp3) is 0.133. The number of hydrogen-bond acceptors (Lipinski definition) is 3. The zero-order valence-corrected chi connectivity index (χ0v) is 15.1. The number of hydrogen-bond donors (Lipinski definition) is 0. The van der Waals surface area contributed by atoms with Crippen molar-refractivity contribution in [1.82, 2.24) is 0 Å². The van der Waals surface area contributed by atoms with E-state index in [9.17, 15) is 13.2 Å². The summed E-state index contributed by atoms with van der Waals surface area (Å²) in [6.07, 6.45) is -0.115. The molecule has 0 aliphatic heterocycles. The molecule has 0 N–H and O–H groups in total. The summed E-state index contributed by atoms with van der Waals surface area (Å²) in [7, 11) is -3.50. The molecule has 2 aromatic rings. The van der Waals surface area contributed by atoms with Gasteiger partial charge in [-0.1, -0.05) is 39.1 Å². The van der Waals surface area contributed by atoms with Gasteiger partial charge < -0.3 is 0 Å².